The second kappa shape index (κ2) is 9.17. The van der Waals surface area contributed by atoms with Gasteiger partial charge in [0.25, 0.3) is 0 Å². The number of benzene rings is 1. The summed E-state index contributed by atoms with van der Waals surface area (Å²) in [5, 5.41) is 6.35. The Hall–Kier alpha value is -2.63. The van der Waals surface area contributed by atoms with Crippen molar-refractivity contribution in [2.24, 2.45) is 4.99 Å². The van der Waals surface area contributed by atoms with Crippen molar-refractivity contribution in [2.45, 2.75) is 44.9 Å². The van der Waals surface area contributed by atoms with E-state index in [1.807, 2.05) is 18.2 Å². The van der Waals surface area contributed by atoms with Gasteiger partial charge in [-0.15, -0.1) is 0 Å². The van der Waals surface area contributed by atoms with Gasteiger partial charge in [0.15, 0.2) is 5.96 Å². The molecule has 1 aromatic carbocycles. The Kier molecular flexibility index (Phi) is 6.41. The zero-order chi connectivity index (χ0) is 18.2. The zero-order valence-corrected chi connectivity index (χ0v) is 15.0. The number of pyridine rings is 1. The molecule has 3 rings (SSSR count). The van der Waals surface area contributed by atoms with Gasteiger partial charge in [0.2, 0.25) is 5.88 Å². The minimum absolute atomic E-state index is 0.224. The van der Waals surface area contributed by atoms with Gasteiger partial charge in [-0.1, -0.05) is 18.2 Å². The van der Waals surface area contributed by atoms with Crippen molar-refractivity contribution >= 4 is 5.96 Å². The fraction of sp³-hybridized carbons (Fsp3) is 0.400. The SMILES string of the molecule is CN=C(NCc1ccnc(OC2CCCC2)c1)NCc1ccccc1F. The lowest BCUT2D eigenvalue weighted by atomic mass is 10.2. The Morgan fingerprint density at radius 3 is 2.73 bits per heavy atom. The van der Waals surface area contributed by atoms with Crippen LogP contribution in [0.5, 0.6) is 5.88 Å². The van der Waals surface area contributed by atoms with Gasteiger partial charge in [-0.3, -0.25) is 4.99 Å². The molecule has 6 heteroatoms. The number of ether oxygens (including phenoxy) is 1. The van der Waals surface area contributed by atoms with Gasteiger partial charge in [0.05, 0.1) is 0 Å². The predicted octanol–water partition coefficient (Wildman–Crippen LogP) is 3.41. The third-order valence-electron chi connectivity index (χ3n) is 4.48. The second-order valence-electron chi connectivity index (χ2n) is 6.40. The minimum Gasteiger partial charge on any atom is -0.474 e. The maximum Gasteiger partial charge on any atom is 0.213 e. The highest BCUT2D eigenvalue weighted by atomic mass is 19.1. The number of aromatic nitrogens is 1. The van der Waals surface area contributed by atoms with Crippen molar-refractivity contribution in [3.63, 3.8) is 0 Å². The first kappa shape index (κ1) is 18.2. The van der Waals surface area contributed by atoms with E-state index >= 15 is 0 Å². The molecule has 0 radical (unpaired) electrons. The maximum atomic E-state index is 13.7. The summed E-state index contributed by atoms with van der Waals surface area (Å²) in [5.41, 5.74) is 1.66. The van der Waals surface area contributed by atoms with Gasteiger partial charge in [-0.2, -0.15) is 0 Å². The molecular formula is C20H25FN4O. The second-order valence-corrected chi connectivity index (χ2v) is 6.40. The number of nitrogens with zero attached hydrogens (tertiary/aromatic N) is 2. The number of halogens is 1. The van der Waals surface area contributed by atoms with Crippen molar-refractivity contribution < 1.29 is 9.13 Å². The molecule has 0 amide bonds. The first-order valence-corrected chi connectivity index (χ1v) is 9.04. The summed E-state index contributed by atoms with van der Waals surface area (Å²) in [5.74, 6) is 1.06. The van der Waals surface area contributed by atoms with Crippen LogP contribution < -0.4 is 15.4 Å². The van der Waals surface area contributed by atoms with E-state index in [1.165, 1.54) is 18.9 Å². The van der Waals surface area contributed by atoms with Crippen LogP contribution in [-0.4, -0.2) is 24.1 Å². The molecule has 2 N–H and O–H groups in total. The van der Waals surface area contributed by atoms with E-state index in [-0.39, 0.29) is 5.82 Å². The largest absolute Gasteiger partial charge is 0.474 e. The summed E-state index contributed by atoms with van der Waals surface area (Å²) in [4.78, 5) is 8.48. The fourth-order valence-corrected chi connectivity index (χ4v) is 3.03. The molecule has 0 unspecified atom stereocenters. The highest BCUT2D eigenvalue weighted by Crippen LogP contribution is 2.23. The lowest BCUT2D eigenvalue weighted by molar-refractivity contribution is 0.201. The van der Waals surface area contributed by atoms with Gasteiger partial charge in [0, 0.05) is 38.0 Å². The van der Waals surface area contributed by atoms with E-state index in [0.717, 1.165) is 18.4 Å². The number of rotatable bonds is 6. The van der Waals surface area contributed by atoms with E-state index in [0.29, 0.717) is 36.6 Å². The number of guanidine groups is 1. The van der Waals surface area contributed by atoms with Crippen LogP contribution in [0.3, 0.4) is 0 Å². The van der Waals surface area contributed by atoms with Crippen molar-refractivity contribution in [1.82, 2.24) is 15.6 Å². The van der Waals surface area contributed by atoms with E-state index < -0.39 is 0 Å². The van der Waals surface area contributed by atoms with Gasteiger partial charge >= 0.3 is 0 Å². The smallest absolute Gasteiger partial charge is 0.213 e. The number of hydrogen-bond donors (Lipinski definition) is 2. The van der Waals surface area contributed by atoms with Crippen LogP contribution in [0.15, 0.2) is 47.6 Å². The van der Waals surface area contributed by atoms with Crippen LogP contribution in [0.4, 0.5) is 4.39 Å². The highest BCUT2D eigenvalue weighted by molar-refractivity contribution is 5.79. The topological polar surface area (TPSA) is 58.5 Å². The third kappa shape index (κ3) is 5.18. The Balaban J connectivity index is 1.51. The van der Waals surface area contributed by atoms with Crippen molar-refractivity contribution in [3.05, 3.63) is 59.5 Å². The predicted molar refractivity (Wildman–Crippen MR) is 101 cm³/mol. The molecule has 5 nitrogen and oxygen atoms in total. The minimum atomic E-state index is -0.224. The third-order valence-corrected chi connectivity index (χ3v) is 4.48. The molecule has 1 aliphatic rings. The molecule has 0 bridgehead atoms. The molecule has 1 heterocycles. The standard InChI is InChI=1S/C20H25FN4O/c1-22-20(25-14-16-6-2-5-9-18(16)21)24-13-15-10-11-23-19(12-15)26-17-7-3-4-8-17/h2,5-6,9-12,17H,3-4,7-8,13-14H2,1H3,(H2,22,24,25). The first-order valence-electron chi connectivity index (χ1n) is 9.04. The molecule has 1 saturated carbocycles. The lowest BCUT2D eigenvalue weighted by Gasteiger charge is -2.14. The van der Waals surface area contributed by atoms with E-state index in [9.17, 15) is 4.39 Å². The fourth-order valence-electron chi connectivity index (χ4n) is 3.03. The molecular weight excluding hydrogens is 331 g/mol. The Morgan fingerprint density at radius 1 is 1.19 bits per heavy atom. The molecule has 0 saturated heterocycles. The summed E-state index contributed by atoms with van der Waals surface area (Å²) in [7, 11) is 1.69. The average molecular weight is 356 g/mol. The van der Waals surface area contributed by atoms with Crippen LogP contribution in [0.25, 0.3) is 0 Å². The molecule has 26 heavy (non-hydrogen) atoms. The summed E-state index contributed by atoms with van der Waals surface area (Å²) in [6.07, 6.45) is 6.73. The van der Waals surface area contributed by atoms with Crippen LogP contribution >= 0.6 is 0 Å². The monoisotopic (exact) mass is 356 g/mol. The van der Waals surface area contributed by atoms with Gasteiger partial charge in [-0.05, 0) is 43.4 Å². The molecule has 138 valence electrons. The van der Waals surface area contributed by atoms with Crippen LogP contribution in [0.2, 0.25) is 0 Å². The molecule has 1 fully saturated rings. The molecule has 2 aromatic rings. The molecule has 1 aliphatic carbocycles. The van der Waals surface area contributed by atoms with Crippen LogP contribution in [-0.2, 0) is 13.1 Å². The molecule has 1 aromatic heterocycles. The van der Waals surface area contributed by atoms with Gasteiger partial charge in [-0.25, -0.2) is 9.37 Å². The molecule has 0 atom stereocenters. The van der Waals surface area contributed by atoms with Crippen molar-refractivity contribution in [3.8, 4) is 5.88 Å². The zero-order valence-electron chi connectivity index (χ0n) is 15.0. The Morgan fingerprint density at radius 2 is 1.96 bits per heavy atom. The average Bonchev–Trinajstić information content (AvgIpc) is 3.16. The number of nitrogens with one attached hydrogen (secondary N) is 2. The summed E-state index contributed by atoms with van der Waals surface area (Å²) >= 11 is 0. The highest BCUT2D eigenvalue weighted by Gasteiger charge is 2.17. The lowest BCUT2D eigenvalue weighted by Crippen LogP contribution is -2.36. The normalized spacial score (nSPS) is 15.1. The summed E-state index contributed by atoms with van der Waals surface area (Å²) in [6.45, 7) is 0.958. The quantitative estimate of drug-likeness (QED) is 0.615. The Labute approximate surface area is 153 Å². The summed E-state index contributed by atoms with van der Waals surface area (Å²) < 4.78 is 19.6. The van der Waals surface area contributed by atoms with Crippen molar-refractivity contribution in [1.29, 1.82) is 0 Å². The maximum absolute atomic E-state index is 13.7. The van der Waals surface area contributed by atoms with E-state index in [4.69, 9.17) is 4.74 Å². The van der Waals surface area contributed by atoms with Gasteiger partial charge in [0.1, 0.15) is 11.9 Å². The number of hydrogen-bond acceptors (Lipinski definition) is 3. The molecule has 0 aliphatic heterocycles. The van der Waals surface area contributed by atoms with Gasteiger partial charge < -0.3 is 15.4 Å². The van der Waals surface area contributed by atoms with E-state index in [1.54, 1.807) is 25.4 Å². The molecule has 0 spiro atoms. The first-order chi connectivity index (χ1) is 12.7. The number of aliphatic imine (C=N–C) groups is 1. The summed E-state index contributed by atoms with van der Waals surface area (Å²) in [6, 6.07) is 10.6. The van der Waals surface area contributed by atoms with Crippen molar-refractivity contribution in [2.75, 3.05) is 7.05 Å². The van der Waals surface area contributed by atoms with Crippen LogP contribution in [0, 0.1) is 5.82 Å². The van der Waals surface area contributed by atoms with E-state index in [2.05, 4.69) is 20.6 Å². The Bertz CT molecular complexity index is 744. The van der Waals surface area contributed by atoms with Crippen LogP contribution in [0.1, 0.15) is 36.8 Å².